The minimum atomic E-state index is -1.09. The number of oxime groups is 1. The van der Waals surface area contributed by atoms with Gasteiger partial charge >= 0.3 is 18.2 Å². The first kappa shape index (κ1) is 22.4. The van der Waals surface area contributed by atoms with Crippen LogP contribution in [-0.4, -0.2) is 47.2 Å². The van der Waals surface area contributed by atoms with Crippen LogP contribution in [0.3, 0.4) is 0 Å². The molecule has 150 valence electrons. The lowest BCUT2D eigenvalue weighted by molar-refractivity contribution is -0.132. The lowest BCUT2D eigenvalue weighted by Gasteiger charge is -2.18. The van der Waals surface area contributed by atoms with Crippen LogP contribution in [0.1, 0.15) is 47.2 Å². The largest absolute Gasteiger partial charge is 0.535 e. The molecule has 1 heterocycles. The van der Waals surface area contributed by atoms with Crippen LogP contribution in [0.4, 0.5) is 14.7 Å². The number of amides is 1. The second-order valence-corrected chi connectivity index (χ2v) is 8.01. The molecule has 11 heteroatoms. The lowest BCUT2D eigenvalue weighted by atomic mass is 10.2. The molecular weight excluding hydrogens is 378 g/mol. The van der Waals surface area contributed by atoms with Crippen molar-refractivity contribution in [1.29, 1.82) is 0 Å². The predicted molar refractivity (Wildman–Crippen MR) is 97.8 cm³/mol. The van der Waals surface area contributed by atoms with Crippen molar-refractivity contribution < 1.29 is 33.4 Å². The Labute approximate surface area is 160 Å². The van der Waals surface area contributed by atoms with Crippen molar-refractivity contribution in [3.63, 3.8) is 0 Å². The van der Waals surface area contributed by atoms with E-state index in [0.29, 0.717) is 0 Å². The molecule has 0 aliphatic heterocycles. The number of ether oxygens (including phenoxy) is 3. The van der Waals surface area contributed by atoms with E-state index in [4.69, 9.17) is 9.47 Å². The van der Waals surface area contributed by atoms with Gasteiger partial charge in [0.1, 0.15) is 16.9 Å². The van der Waals surface area contributed by atoms with Gasteiger partial charge in [0.05, 0.1) is 7.11 Å². The summed E-state index contributed by atoms with van der Waals surface area (Å²) in [5.74, 6) is -0.882. The average molecular weight is 401 g/mol. The van der Waals surface area contributed by atoms with Gasteiger partial charge in [-0.1, -0.05) is 5.16 Å². The second-order valence-electron chi connectivity index (χ2n) is 7.15. The zero-order chi connectivity index (χ0) is 20.8. The second kappa shape index (κ2) is 8.80. The first-order valence-electron chi connectivity index (χ1n) is 7.83. The van der Waals surface area contributed by atoms with Gasteiger partial charge in [0, 0.05) is 5.38 Å². The molecule has 1 N–H and O–H groups in total. The number of carbonyl (C=O) groups excluding carboxylic acids is 3. The molecule has 0 aliphatic carbocycles. The summed E-state index contributed by atoms with van der Waals surface area (Å²) in [6.07, 6.45) is -1.80. The normalized spacial score (nSPS) is 12.2. The van der Waals surface area contributed by atoms with Gasteiger partial charge in [0.2, 0.25) is 5.71 Å². The van der Waals surface area contributed by atoms with Gasteiger partial charge in [0.25, 0.3) is 0 Å². The molecule has 27 heavy (non-hydrogen) atoms. The Balaban J connectivity index is 2.92. The van der Waals surface area contributed by atoms with Gasteiger partial charge < -0.3 is 14.2 Å². The number of nitrogens with zero attached hydrogens (tertiary/aromatic N) is 2. The summed E-state index contributed by atoms with van der Waals surface area (Å²) in [4.78, 5) is 43.9. The van der Waals surface area contributed by atoms with Crippen LogP contribution in [0.15, 0.2) is 10.5 Å². The van der Waals surface area contributed by atoms with Crippen LogP contribution in [0, 0.1) is 0 Å². The molecule has 0 bridgehead atoms. The first-order chi connectivity index (χ1) is 12.3. The van der Waals surface area contributed by atoms with Crippen molar-refractivity contribution >= 4 is 40.4 Å². The Kier molecular flexibility index (Phi) is 7.28. The van der Waals surface area contributed by atoms with E-state index < -0.39 is 29.4 Å². The first-order valence-corrected chi connectivity index (χ1v) is 8.71. The van der Waals surface area contributed by atoms with E-state index in [-0.39, 0.29) is 16.5 Å². The molecule has 0 saturated heterocycles. The molecular formula is C16H23N3O7S. The van der Waals surface area contributed by atoms with Gasteiger partial charge in [-0.3, -0.25) is 10.2 Å². The molecule has 1 aromatic rings. The fourth-order valence-electron chi connectivity index (χ4n) is 1.47. The molecule has 10 nitrogen and oxygen atoms in total. The lowest BCUT2D eigenvalue weighted by Crippen LogP contribution is -2.27. The Morgan fingerprint density at radius 3 is 2.19 bits per heavy atom. The summed E-state index contributed by atoms with van der Waals surface area (Å²) in [6.45, 7) is 10.1. The van der Waals surface area contributed by atoms with Crippen molar-refractivity contribution in [2.75, 3.05) is 12.4 Å². The highest BCUT2D eigenvalue weighted by atomic mass is 32.1. The molecule has 0 unspecified atom stereocenters. The fourth-order valence-corrected chi connectivity index (χ4v) is 2.15. The number of rotatable bonds is 4. The highest BCUT2D eigenvalue weighted by Gasteiger charge is 2.23. The quantitative estimate of drug-likeness (QED) is 0.268. The number of thiazole rings is 1. The SMILES string of the molecule is COC(=O)C(=NOC(=O)OC(C)(C)C)c1csc(NC(=O)OC(C)(C)C)n1. The van der Waals surface area contributed by atoms with Crippen molar-refractivity contribution in [3.05, 3.63) is 11.1 Å². The average Bonchev–Trinajstić information content (AvgIpc) is 2.91. The molecule has 1 rings (SSSR count). The molecule has 1 aromatic heterocycles. The number of anilines is 1. The van der Waals surface area contributed by atoms with Gasteiger partial charge in [-0.05, 0) is 41.5 Å². The zero-order valence-corrected chi connectivity index (χ0v) is 17.1. The standard InChI is InChI=1S/C16H23N3O7S/c1-15(2,3)24-13(21)18-12-17-9(8-27-12)10(11(20)23-7)19-26-14(22)25-16(4,5)6/h8H,1-7H3,(H,17,18,21). The molecule has 0 spiro atoms. The van der Waals surface area contributed by atoms with Crippen molar-refractivity contribution in [1.82, 2.24) is 4.98 Å². The Morgan fingerprint density at radius 2 is 1.67 bits per heavy atom. The van der Waals surface area contributed by atoms with Crippen molar-refractivity contribution in [2.45, 2.75) is 52.7 Å². The number of nitrogens with one attached hydrogen (secondary N) is 1. The number of esters is 1. The monoisotopic (exact) mass is 401 g/mol. The fraction of sp³-hybridized carbons (Fsp3) is 0.562. The third-order valence-electron chi connectivity index (χ3n) is 2.33. The van der Waals surface area contributed by atoms with Gasteiger partial charge in [-0.2, -0.15) is 0 Å². The third-order valence-corrected chi connectivity index (χ3v) is 3.09. The van der Waals surface area contributed by atoms with Crippen LogP contribution >= 0.6 is 11.3 Å². The van der Waals surface area contributed by atoms with E-state index in [1.165, 1.54) is 5.38 Å². The summed E-state index contributed by atoms with van der Waals surface area (Å²) in [5.41, 5.74) is -1.79. The summed E-state index contributed by atoms with van der Waals surface area (Å²) < 4.78 is 14.7. The summed E-state index contributed by atoms with van der Waals surface area (Å²) in [7, 11) is 1.14. The number of hydrogen-bond acceptors (Lipinski definition) is 10. The summed E-state index contributed by atoms with van der Waals surface area (Å²) >= 11 is 1.02. The highest BCUT2D eigenvalue weighted by Crippen LogP contribution is 2.18. The molecule has 0 aliphatic rings. The zero-order valence-electron chi connectivity index (χ0n) is 16.2. The van der Waals surface area contributed by atoms with Crippen LogP contribution < -0.4 is 5.32 Å². The smallest absolute Gasteiger partial charge is 0.464 e. The maximum absolute atomic E-state index is 11.9. The Hall–Kier alpha value is -2.69. The van der Waals surface area contributed by atoms with E-state index in [9.17, 15) is 14.4 Å². The van der Waals surface area contributed by atoms with Crippen LogP contribution in [0.2, 0.25) is 0 Å². The van der Waals surface area contributed by atoms with Crippen molar-refractivity contribution in [3.8, 4) is 0 Å². The number of hydrogen-bond donors (Lipinski definition) is 1. The molecule has 0 radical (unpaired) electrons. The van der Waals surface area contributed by atoms with Crippen LogP contribution in [-0.2, 0) is 23.8 Å². The maximum atomic E-state index is 11.9. The van der Waals surface area contributed by atoms with E-state index in [0.717, 1.165) is 18.4 Å². The van der Waals surface area contributed by atoms with Gasteiger partial charge in [0.15, 0.2) is 5.13 Å². The molecule has 0 aromatic carbocycles. The molecule has 0 saturated carbocycles. The number of aromatic nitrogens is 1. The van der Waals surface area contributed by atoms with Crippen LogP contribution in [0.25, 0.3) is 0 Å². The Bertz CT molecular complexity index is 729. The number of methoxy groups -OCH3 is 1. The number of carbonyl (C=O) groups is 3. The molecule has 1 amide bonds. The molecule has 0 fully saturated rings. The minimum Gasteiger partial charge on any atom is -0.464 e. The van der Waals surface area contributed by atoms with E-state index in [2.05, 4.69) is 25.0 Å². The van der Waals surface area contributed by atoms with E-state index in [1.807, 2.05) is 0 Å². The molecule has 0 atom stereocenters. The summed E-state index contributed by atoms with van der Waals surface area (Å²) in [6, 6.07) is 0. The maximum Gasteiger partial charge on any atom is 0.535 e. The van der Waals surface area contributed by atoms with Gasteiger partial charge in [-0.15, -0.1) is 11.3 Å². The minimum absolute atomic E-state index is 0.0430. The highest BCUT2D eigenvalue weighted by molar-refractivity contribution is 7.14. The van der Waals surface area contributed by atoms with E-state index in [1.54, 1.807) is 41.5 Å². The predicted octanol–water partition coefficient (Wildman–Crippen LogP) is 3.32. The van der Waals surface area contributed by atoms with Gasteiger partial charge in [-0.25, -0.2) is 19.4 Å². The Morgan fingerprint density at radius 1 is 1.07 bits per heavy atom. The third kappa shape index (κ3) is 8.49. The van der Waals surface area contributed by atoms with E-state index >= 15 is 0 Å². The van der Waals surface area contributed by atoms with Crippen LogP contribution in [0.5, 0.6) is 0 Å². The topological polar surface area (TPSA) is 125 Å². The summed E-state index contributed by atoms with van der Waals surface area (Å²) in [5, 5.41) is 7.49. The van der Waals surface area contributed by atoms with Crippen molar-refractivity contribution in [2.24, 2.45) is 5.16 Å².